The molecule has 2 heterocycles. The highest BCUT2D eigenvalue weighted by Crippen LogP contribution is 2.51. The number of amides is 1. The molecule has 3 nitrogen and oxygen atoms in total. The molecule has 4 rings (SSSR count). The maximum atomic E-state index is 13.9. The second-order valence-electron chi connectivity index (χ2n) is 6.62. The number of benzene rings is 2. The molecular weight excluding hydrogens is 359 g/mol. The van der Waals surface area contributed by atoms with Crippen LogP contribution in [-0.2, 0) is 10.2 Å². The van der Waals surface area contributed by atoms with Gasteiger partial charge >= 0.3 is 0 Å². The zero-order valence-corrected chi connectivity index (χ0v) is 15.1. The van der Waals surface area contributed by atoms with Crippen molar-refractivity contribution in [2.75, 3.05) is 5.32 Å². The Balaban J connectivity index is 1.94. The van der Waals surface area contributed by atoms with Gasteiger partial charge in [0.15, 0.2) is 0 Å². The molecule has 0 saturated carbocycles. The van der Waals surface area contributed by atoms with E-state index in [0.29, 0.717) is 28.5 Å². The van der Waals surface area contributed by atoms with Crippen molar-refractivity contribution in [1.82, 2.24) is 5.32 Å². The number of hydrogen-bond donors (Lipinski definition) is 2. The van der Waals surface area contributed by atoms with Crippen LogP contribution in [0.2, 0.25) is 5.02 Å². The predicted molar refractivity (Wildman–Crippen MR) is 101 cm³/mol. The zero-order valence-electron chi connectivity index (χ0n) is 13.5. The van der Waals surface area contributed by atoms with Gasteiger partial charge in [-0.2, -0.15) is 0 Å². The summed E-state index contributed by atoms with van der Waals surface area (Å²) in [5.41, 5.74) is 2.43. The average Bonchev–Trinajstić information content (AvgIpc) is 2.84. The van der Waals surface area contributed by atoms with Gasteiger partial charge in [0.2, 0.25) is 5.91 Å². The third kappa shape index (κ3) is 2.45. The highest BCUT2D eigenvalue weighted by Gasteiger charge is 2.55. The fourth-order valence-electron chi connectivity index (χ4n) is 3.98. The average molecular weight is 375 g/mol. The summed E-state index contributed by atoms with van der Waals surface area (Å²) in [4.78, 5) is 13.8. The Morgan fingerprint density at radius 1 is 1.28 bits per heavy atom. The van der Waals surface area contributed by atoms with E-state index in [1.165, 1.54) is 12.1 Å². The van der Waals surface area contributed by atoms with Crippen LogP contribution in [0.15, 0.2) is 36.4 Å². The van der Waals surface area contributed by atoms with Gasteiger partial charge in [0.05, 0.1) is 11.0 Å². The number of thiocarbonyl (C=S) groups is 1. The van der Waals surface area contributed by atoms with E-state index in [0.717, 1.165) is 16.7 Å². The Labute approximate surface area is 155 Å². The molecule has 2 aromatic rings. The van der Waals surface area contributed by atoms with Crippen molar-refractivity contribution in [3.63, 3.8) is 0 Å². The molecule has 0 radical (unpaired) electrons. The number of rotatable bonds is 1. The van der Waals surface area contributed by atoms with Crippen LogP contribution in [-0.4, -0.2) is 10.9 Å². The van der Waals surface area contributed by atoms with Crippen molar-refractivity contribution in [3.05, 3.63) is 63.9 Å². The van der Waals surface area contributed by atoms with Gasteiger partial charge in [-0.05, 0) is 60.7 Å². The summed E-state index contributed by atoms with van der Waals surface area (Å²) < 4.78 is 13.9. The lowest BCUT2D eigenvalue weighted by molar-refractivity contribution is -0.122. The van der Waals surface area contributed by atoms with E-state index >= 15 is 0 Å². The standard InChI is InChI=1S/C19H16ClFN2OS/c1-10-2-4-12(21)9-13(10)17-19(7-6-16(25)23-17)14-5-3-11(20)8-15(14)22-18(19)24/h2-5,8-9,17H,6-7H2,1H3,(H,22,24)(H,23,25)/t17-,19-/m1/s1. The Kier molecular flexibility index (Phi) is 3.81. The minimum absolute atomic E-state index is 0.103. The smallest absolute Gasteiger partial charge is 0.237 e. The first-order valence-corrected chi connectivity index (χ1v) is 8.87. The van der Waals surface area contributed by atoms with E-state index in [1.54, 1.807) is 18.2 Å². The minimum atomic E-state index is -0.833. The second kappa shape index (κ2) is 5.78. The topological polar surface area (TPSA) is 41.1 Å². The summed E-state index contributed by atoms with van der Waals surface area (Å²) in [6, 6.07) is 9.64. The lowest BCUT2D eigenvalue weighted by atomic mass is 9.67. The van der Waals surface area contributed by atoms with Crippen LogP contribution in [0, 0.1) is 12.7 Å². The number of nitrogens with one attached hydrogen (secondary N) is 2. The fraction of sp³-hybridized carbons (Fsp3) is 0.263. The van der Waals surface area contributed by atoms with E-state index in [1.807, 2.05) is 13.0 Å². The van der Waals surface area contributed by atoms with E-state index in [4.69, 9.17) is 23.8 Å². The van der Waals surface area contributed by atoms with E-state index < -0.39 is 11.5 Å². The molecule has 2 N–H and O–H groups in total. The quantitative estimate of drug-likeness (QED) is 0.725. The van der Waals surface area contributed by atoms with E-state index in [-0.39, 0.29) is 11.7 Å². The van der Waals surface area contributed by atoms with Crippen molar-refractivity contribution in [2.24, 2.45) is 0 Å². The van der Waals surface area contributed by atoms with Gasteiger partial charge in [0, 0.05) is 10.7 Å². The Morgan fingerprint density at radius 3 is 2.88 bits per heavy atom. The summed E-state index contributed by atoms with van der Waals surface area (Å²) in [5.74, 6) is -0.433. The monoisotopic (exact) mass is 374 g/mol. The molecule has 1 spiro atoms. The highest BCUT2D eigenvalue weighted by molar-refractivity contribution is 7.80. The van der Waals surface area contributed by atoms with E-state index in [9.17, 15) is 9.18 Å². The first-order valence-electron chi connectivity index (χ1n) is 8.09. The molecule has 1 amide bonds. The van der Waals surface area contributed by atoms with Crippen molar-refractivity contribution < 1.29 is 9.18 Å². The van der Waals surface area contributed by atoms with Crippen LogP contribution < -0.4 is 10.6 Å². The summed E-state index contributed by atoms with van der Waals surface area (Å²) in [7, 11) is 0. The largest absolute Gasteiger partial charge is 0.371 e. The SMILES string of the molecule is Cc1ccc(F)cc1[C@H]1NC(=S)CC[C@]12C(=O)Nc1cc(Cl)ccc12. The molecule has 25 heavy (non-hydrogen) atoms. The number of fused-ring (bicyclic) bond motifs is 2. The molecular formula is C19H16ClFN2OS. The fourth-order valence-corrected chi connectivity index (χ4v) is 4.37. The number of hydrogen-bond acceptors (Lipinski definition) is 2. The number of aryl methyl sites for hydroxylation is 1. The van der Waals surface area contributed by atoms with Crippen molar-refractivity contribution in [3.8, 4) is 0 Å². The minimum Gasteiger partial charge on any atom is -0.371 e. The first-order chi connectivity index (χ1) is 11.9. The molecule has 2 aliphatic heterocycles. The molecule has 0 aliphatic carbocycles. The predicted octanol–water partition coefficient (Wildman–Crippen LogP) is 4.43. The number of carbonyl (C=O) groups excluding carboxylic acids is 1. The Morgan fingerprint density at radius 2 is 2.08 bits per heavy atom. The van der Waals surface area contributed by atoms with Gasteiger partial charge in [-0.1, -0.05) is 36.0 Å². The lowest BCUT2D eigenvalue weighted by Gasteiger charge is -2.42. The molecule has 128 valence electrons. The van der Waals surface area contributed by atoms with Crippen molar-refractivity contribution in [2.45, 2.75) is 31.2 Å². The molecule has 2 aliphatic rings. The molecule has 2 atom stereocenters. The molecule has 1 fully saturated rings. The molecule has 6 heteroatoms. The molecule has 0 unspecified atom stereocenters. The van der Waals surface area contributed by atoms with Crippen molar-refractivity contribution in [1.29, 1.82) is 0 Å². The second-order valence-corrected chi connectivity index (χ2v) is 7.55. The highest BCUT2D eigenvalue weighted by atomic mass is 35.5. The third-order valence-corrected chi connectivity index (χ3v) is 5.77. The van der Waals surface area contributed by atoms with Gasteiger partial charge in [-0.15, -0.1) is 0 Å². The lowest BCUT2D eigenvalue weighted by Crippen LogP contribution is -2.52. The number of halogens is 2. The van der Waals surface area contributed by atoms with Crippen LogP contribution in [0.25, 0.3) is 0 Å². The van der Waals surface area contributed by atoms with Crippen LogP contribution in [0.3, 0.4) is 0 Å². The summed E-state index contributed by atoms with van der Waals surface area (Å²) in [6.07, 6.45) is 1.18. The molecule has 0 bridgehead atoms. The Bertz CT molecular complexity index is 916. The van der Waals surface area contributed by atoms with Crippen LogP contribution in [0.5, 0.6) is 0 Å². The number of carbonyl (C=O) groups is 1. The number of anilines is 1. The van der Waals surface area contributed by atoms with Gasteiger partial charge < -0.3 is 10.6 Å². The Hall–Kier alpha value is -1.98. The summed E-state index contributed by atoms with van der Waals surface area (Å²) in [6.45, 7) is 1.91. The van der Waals surface area contributed by atoms with Crippen LogP contribution >= 0.6 is 23.8 Å². The third-order valence-electron chi connectivity index (χ3n) is 5.21. The van der Waals surface area contributed by atoms with Crippen LogP contribution in [0.1, 0.15) is 35.6 Å². The van der Waals surface area contributed by atoms with Gasteiger partial charge in [0.1, 0.15) is 11.2 Å². The maximum Gasteiger partial charge on any atom is 0.237 e. The summed E-state index contributed by atoms with van der Waals surface area (Å²) in [5, 5.41) is 6.80. The normalized spacial score (nSPS) is 24.8. The first kappa shape index (κ1) is 16.5. The van der Waals surface area contributed by atoms with Gasteiger partial charge in [-0.3, -0.25) is 4.79 Å². The molecule has 1 saturated heterocycles. The summed E-state index contributed by atoms with van der Waals surface area (Å²) >= 11 is 11.5. The molecule has 2 aromatic carbocycles. The maximum absolute atomic E-state index is 13.9. The van der Waals surface area contributed by atoms with Gasteiger partial charge in [-0.25, -0.2) is 4.39 Å². The van der Waals surface area contributed by atoms with Gasteiger partial charge in [0.25, 0.3) is 0 Å². The number of piperidine rings is 1. The van der Waals surface area contributed by atoms with Crippen LogP contribution in [0.4, 0.5) is 10.1 Å². The molecule has 0 aromatic heterocycles. The van der Waals surface area contributed by atoms with Crippen molar-refractivity contribution >= 4 is 40.4 Å². The zero-order chi connectivity index (χ0) is 17.8. The van der Waals surface area contributed by atoms with E-state index in [2.05, 4.69) is 10.6 Å².